The first kappa shape index (κ1) is 45.9. The third-order valence-corrected chi connectivity index (χ3v) is 11.4. The van der Waals surface area contributed by atoms with Gasteiger partial charge in [-0.3, -0.25) is 14.8 Å². The molecule has 0 aliphatic rings. The van der Waals surface area contributed by atoms with E-state index in [9.17, 15) is 4.79 Å². The average Bonchev–Trinajstić information content (AvgIpc) is 3.15. The molecular formula is C44H51BN4NaOP2. The predicted molar refractivity (Wildman–Crippen MR) is 229 cm³/mol. The van der Waals surface area contributed by atoms with Crippen molar-refractivity contribution in [3.63, 3.8) is 0 Å². The molecule has 0 aliphatic carbocycles. The van der Waals surface area contributed by atoms with Gasteiger partial charge in [0.1, 0.15) is 0 Å². The van der Waals surface area contributed by atoms with Gasteiger partial charge in [0.15, 0.2) is 6.29 Å². The molecular weight excluding hydrogens is 696 g/mol. The molecule has 4 aromatic carbocycles. The number of carbonyl (C=O) groups is 1. The zero-order valence-electron chi connectivity index (χ0n) is 33.2. The van der Waals surface area contributed by atoms with Gasteiger partial charge in [0, 0.05) is 46.0 Å². The molecule has 6 rings (SSSR count). The summed E-state index contributed by atoms with van der Waals surface area (Å²) in [7, 11) is 1.23. The van der Waals surface area contributed by atoms with E-state index in [0.29, 0.717) is 23.7 Å². The SMILES string of the molecule is Cc1cc(Pc2ccccc2C=O)cc(C)c1C.Cc1cc(Pc2ccccc2CNCc2ccccn2)cc(C)c1C.NCc1ccccn1.[B].[H-].[Na+]. The third-order valence-electron chi connectivity index (χ3n) is 8.80. The number of carbonyl (C=O) groups excluding carboxylic acids is 1. The van der Waals surface area contributed by atoms with Gasteiger partial charge in [-0.05, 0) is 126 Å². The summed E-state index contributed by atoms with van der Waals surface area (Å²) in [6.07, 6.45) is 4.52. The maximum atomic E-state index is 11.0. The van der Waals surface area contributed by atoms with Crippen molar-refractivity contribution in [3.8, 4) is 0 Å². The molecule has 0 amide bonds. The van der Waals surface area contributed by atoms with Crippen LogP contribution >= 0.6 is 17.2 Å². The molecule has 2 heterocycles. The summed E-state index contributed by atoms with van der Waals surface area (Å²) in [4.78, 5) is 19.3. The first-order valence-electron chi connectivity index (χ1n) is 17.2. The molecule has 6 aromatic rings. The fourth-order valence-electron chi connectivity index (χ4n) is 5.38. The molecule has 9 heteroatoms. The number of nitrogens with zero attached hydrogens (tertiary/aromatic N) is 2. The molecule has 0 saturated carbocycles. The minimum Gasteiger partial charge on any atom is -1.00 e. The first-order valence-corrected chi connectivity index (χ1v) is 19.2. The summed E-state index contributed by atoms with van der Waals surface area (Å²) in [6, 6.07) is 37.4. The van der Waals surface area contributed by atoms with Crippen molar-refractivity contribution in [2.75, 3.05) is 0 Å². The van der Waals surface area contributed by atoms with Gasteiger partial charge in [0.2, 0.25) is 0 Å². The summed E-state index contributed by atoms with van der Waals surface area (Å²) < 4.78 is 0. The number of hydrogen-bond acceptors (Lipinski definition) is 5. The van der Waals surface area contributed by atoms with E-state index < -0.39 is 0 Å². The van der Waals surface area contributed by atoms with Crippen molar-refractivity contribution >= 4 is 53.1 Å². The van der Waals surface area contributed by atoms with Crippen molar-refractivity contribution in [3.05, 3.63) is 177 Å². The van der Waals surface area contributed by atoms with E-state index in [1.807, 2.05) is 60.8 Å². The number of pyridine rings is 2. The molecule has 5 nitrogen and oxygen atoms in total. The molecule has 2 unspecified atom stereocenters. The topological polar surface area (TPSA) is 80.9 Å². The number of benzene rings is 4. The van der Waals surface area contributed by atoms with Gasteiger partial charge in [-0.1, -0.05) is 102 Å². The van der Waals surface area contributed by atoms with Crippen molar-refractivity contribution in [1.29, 1.82) is 0 Å². The molecule has 2 atom stereocenters. The maximum Gasteiger partial charge on any atom is 1.00 e. The van der Waals surface area contributed by atoms with Crippen LogP contribution in [0.5, 0.6) is 0 Å². The van der Waals surface area contributed by atoms with E-state index in [1.54, 1.807) is 6.20 Å². The molecule has 267 valence electrons. The summed E-state index contributed by atoms with van der Waals surface area (Å²) in [6.45, 7) is 15.2. The zero-order valence-corrected chi connectivity index (χ0v) is 36.2. The summed E-state index contributed by atoms with van der Waals surface area (Å²) >= 11 is 0. The number of aldehydes is 1. The molecule has 3 radical (unpaired) electrons. The van der Waals surface area contributed by atoms with Crippen LogP contribution in [0, 0.1) is 41.5 Å². The van der Waals surface area contributed by atoms with Gasteiger partial charge >= 0.3 is 29.6 Å². The van der Waals surface area contributed by atoms with Gasteiger partial charge in [0.05, 0.1) is 11.4 Å². The quantitative estimate of drug-likeness (QED) is 0.125. The number of nitrogens with two attached hydrogens (primary N) is 1. The fourth-order valence-corrected chi connectivity index (χ4v) is 8.14. The van der Waals surface area contributed by atoms with Gasteiger partial charge in [-0.2, -0.15) is 0 Å². The number of hydrogen-bond donors (Lipinski definition) is 2. The van der Waals surface area contributed by atoms with Crippen molar-refractivity contribution in [1.82, 2.24) is 15.3 Å². The first-order chi connectivity index (χ1) is 24.7. The summed E-state index contributed by atoms with van der Waals surface area (Å²) in [5.74, 6) is 0. The second-order valence-electron chi connectivity index (χ2n) is 12.5. The van der Waals surface area contributed by atoms with E-state index in [1.165, 1.54) is 54.9 Å². The van der Waals surface area contributed by atoms with Crippen molar-refractivity contribution in [2.24, 2.45) is 5.73 Å². The number of aromatic nitrogens is 2. The van der Waals surface area contributed by atoms with Gasteiger partial charge in [0.25, 0.3) is 0 Å². The van der Waals surface area contributed by atoms with Gasteiger partial charge < -0.3 is 12.5 Å². The smallest absolute Gasteiger partial charge is 1.00 e. The molecule has 0 spiro atoms. The Balaban J connectivity index is 0.000000441. The van der Waals surface area contributed by atoms with Crippen LogP contribution in [0.4, 0.5) is 0 Å². The van der Waals surface area contributed by atoms with Crippen LogP contribution in [0.1, 0.15) is 62.1 Å². The summed E-state index contributed by atoms with van der Waals surface area (Å²) in [5, 5.41) is 8.76. The Morgan fingerprint density at radius 3 is 1.55 bits per heavy atom. The maximum absolute atomic E-state index is 11.0. The Hall–Kier alpha value is -3.31. The molecule has 0 fully saturated rings. The Morgan fingerprint density at radius 1 is 0.623 bits per heavy atom. The molecule has 2 aromatic heterocycles. The monoisotopic (exact) mass is 747 g/mol. The van der Waals surface area contributed by atoms with Crippen molar-refractivity contribution in [2.45, 2.75) is 61.2 Å². The number of nitrogens with one attached hydrogen (secondary N) is 1. The Morgan fingerprint density at radius 2 is 1.08 bits per heavy atom. The van der Waals surface area contributed by atoms with E-state index >= 15 is 0 Å². The molecule has 0 aliphatic heterocycles. The van der Waals surface area contributed by atoms with Crippen LogP contribution < -0.4 is 61.8 Å². The summed E-state index contributed by atoms with van der Waals surface area (Å²) in [5.41, 5.74) is 17.6. The molecule has 3 N–H and O–H groups in total. The average molecular weight is 748 g/mol. The van der Waals surface area contributed by atoms with E-state index in [0.717, 1.165) is 41.6 Å². The molecule has 0 saturated heterocycles. The second-order valence-corrected chi connectivity index (χ2v) is 15.3. The minimum atomic E-state index is 0. The van der Waals surface area contributed by atoms with Crippen LogP contribution in [-0.4, -0.2) is 24.7 Å². The molecule has 0 bridgehead atoms. The van der Waals surface area contributed by atoms with Crippen LogP contribution in [0.2, 0.25) is 0 Å². The van der Waals surface area contributed by atoms with Gasteiger partial charge in [-0.15, -0.1) is 0 Å². The minimum absolute atomic E-state index is 0. The standard InChI is InChI=1S/C22H25N2P.C16H17OP.C6H8N2.B.Na.H/c1-16-12-21(13-17(2)18(16)3)25-22-10-5-4-8-19(22)14-23-15-20-9-6-7-11-24-20;1-11-8-15(9-12(2)13(11)3)18-16-7-5-4-6-14(16)10-17;7-5-6-3-1-2-4-8-6;;;/h4-13,23,25H,14-15H2,1-3H3;4-10,18H,1-3H3;1-4H,5,7H2;;;/q;;;;+1;-1. The van der Waals surface area contributed by atoms with E-state index in [2.05, 4.69) is 111 Å². The van der Waals surface area contributed by atoms with Crippen LogP contribution in [0.15, 0.2) is 122 Å². The third kappa shape index (κ3) is 14.8. The normalized spacial score (nSPS) is 10.5. The fraction of sp³-hybridized carbons (Fsp3) is 0.205. The zero-order chi connectivity index (χ0) is 36.6. The Kier molecular flexibility index (Phi) is 20.9. The number of rotatable bonds is 10. The van der Waals surface area contributed by atoms with Crippen LogP contribution in [0.3, 0.4) is 0 Å². The molecule has 53 heavy (non-hydrogen) atoms. The van der Waals surface area contributed by atoms with E-state index in [4.69, 9.17) is 5.73 Å². The van der Waals surface area contributed by atoms with Crippen LogP contribution in [0.25, 0.3) is 0 Å². The largest absolute Gasteiger partial charge is 1.00 e. The van der Waals surface area contributed by atoms with Gasteiger partial charge in [-0.25, -0.2) is 0 Å². The number of aryl methyl sites for hydroxylation is 4. The predicted octanol–water partition coefficient (Wildman–Crippen LogP) is 4.26. The van der Waals surface area contributed by atoms with E-state index in [-0.39, 0.29) is 39.4 Å². The Labute approximate surface area is 346 Å². The Bertz CT molecular complexity index is 1970. The van der Waals surface area contributed by atoms with Crippen molar-refractivity contribution < 1.29 is 35.8 Å². The van der Waals surface area contributed by atoms with Crippen LogP contribution in [-0.2, 0) is 19.6 Å². The second kappa shape index (κ2) is 24.2.